The largest absolute Gasteiger partial charge is 0.463 e. The van der Waals surface area contributed by atoms with E-state index in [4.69, 9.17) is 9.47 Å². The van der Waals surface area contributed by atoms with E-state index in [2.05, 4.69) is 0 Å². The van der Waals surface area contributed by atoms with Crippen LogP contribution in [-0.4, -0.2) is 19.2 Å². The van der Waals surface area contributed by atoms with Crippen molar-refractivity contribution in [1.29, 1.82) is 0 Å². The topological polar surface area (TPSA) is 35.5 Å². The summed E-state index contributed by atoms with van der Waals surface area (Å²) in [5, 5.41) is 0. The number of halogens is 2. The van der Waals surface area contributed by atoms with Crippen molar-refractivity contribution in [3.8, 4) is 0 Å². The van der Waals surface area contributed by atoms with Crippen molar-refractivity contribution < 1.29 is 23.0 Å². The smallest absolute Gasteiger partial charge is 0.347 e. The van der Waals surface area contributed by atoms with Gasteiger partial charge >= 0.3 is 5.97 Å². The Labute approximate surface area is 140 Å². The van der Waals surface area contributed by atoms with Gasteiger partial charge in [0.15, 0.2) is 0 Å². The van der Waals surface area contributed by atoms with Crippen LogP contribution in [0.4, 0.5) is 8.78 Å². The van der Waals surface area contributed by atoms with Crippen molar-refractivity contribution in [1.82, 2.24) is 0 Å². The third-order valence-corrected chi connectivity index (χ3v) is 3.59. The minimum absolute atomic E-state index is 0.165. The average molecular weight is 334 g/mol. The van der Waals surface area contributed by atoms with Crippen LogP contribution in [-0.2, 0) is 19.9 Å². The molecule has 2 aromatic rings. The van der Waals surface area contributed by atoms with Crippen molar-refractivity contribution in [2.24, 2.45) is 0 Å². The monoisotopic (exact) mass is 334 g/mol. The first kappa shape index (κ1) is 18.1. The first-order valence-electron chi connectivity index (χ1n) is 7.87. The lowest BCUT2D eigenvalue weighted by molar-refractivity contribution is -0.168. The Balaban J connectivity index is 2.64. The summed E-state index contributed by atoms with van der Waals surface area (Å²) in [6.45, 7) is 4.05. The molecule has 3 nitrogen and oxygen atoms in total. The van der Waals surface area contributed by atoms with Crippen LogP contribution in [0.25, 0.3) is 0 Å². The van der Waals surface area contributed by atoms with Gasteiger partial charge in [-0.05, 0) is 48.7 Å². The third kappa shape index (κ3) is 3.62. The zero-order valence-corrected chi connectivity index (χ0v) is 13.7. The van der Waals surface area contributed by atoms with Crippen LogP contribution in [0.1, 0.15) is 31.4 Å². The molecule has 0 aliphatic carbocycles. The number of carbonyl (C=O) groups excluding carboxylic acids is 1. The first-order chi connectivity index (χ1) is 11.5. The fourth-order valence-electron chi connectivity index (χ4n) is 2.49. The van der Waals surface area contributed by atoms with Gasteiger partial charge in [0.05, 0.1) is 6.61 Å². The average Bonchev–Trinajstić information content (AvgIpc) is 2.58. The SMILES string of the molecule is CCCOC(C(=O)OCC)(c1ccc(F)cc1)c1ccc(F)cc1. The number of carbonyl (C=O) groups is 1. The lowest BCUT2D eigenvalue weighted by Crippen LogP contribution is -2.42. The molecule has 0 bridgehead atoms. The van der Waals surface area contributed by atoms with E-state index in [0.717, 1.165) is 0 Å². The Kier molecular flexibility index (Phi) is 6.04. The summed E-state index contributed by atoms with van der Waals surface area (Å²) in [6, 6.07) is 10.9. The summed E-state index contributed by atoms with van der Waals surface area (Å²) in [5.74, 6) is -1.46. The predicted octanol–water partition coefficient (Wildman–Crippen LogP) is 4.20. The van der Waals surface area contributed by atoms with Crippen molar-refractivity contribution in [2.45, 2.75) is 25.9 Å². The van der Waals surface area contributed by atoms with Crippen LogP contribution >= 0.6 is 0 Å². The summed E-state index contributed by atoms with van der Waals surface area (Å²) >= 11 is 0. The van der Waals surface area contributed by atoms with Gasteiger partial charge in [-0.3, -0.25) is 0 Å². The Morgan fingerprint density at radius 1 is 0.917 bits per heavy atom. The number of hydrogen-bond donors (Lipinski definition) is 0. The molecule has 0 aliphatic heterocycles. The lowest BCUT2D eigenvalue weighted by atomic mass is 9.85. The third-order valence-electron chi connectivity index (χ3n) is 3.59. The summed E-state index contributed by atoms with van der Waals surface area (Å²) < 4.78 is 37.8. The van der Waals surface area contributed by atoms with Gasteiger partial charge in [0.2, 0.25) is 5.60 Å². The molecule has 128 valence electrons. The van der Waals surface area contributed by atoms with E-state index in [1.165, 1.54) is 48.5 Å². The molecule has 0 aliphatic rings. The van der Waals surface area contributed by atoms with Gasteiger partial charge in [-0.25, -0.2) is 13.6 Å². The summed E-state index contributed by atoms with van der Waals surface area (Å²) in [7, 11) is 0. The highest BCUT2D eigenvalue weighted by Crippen LogP contribution is 2.36. The molecule has 24 heavy (non-hydrogen) atoms. The second kappa shape index (κ2) is 8.02. The quantitative estimate of drug-likeness (QED) is 0.712. The van der Waals surface area contributed by atoms with Gasteiger partial charge in [-0.15, -0.1) is 0 Å². The number of hydrogen-bond acceptors (Lipinski definition) is 3. The molecule has 2 aromatic carbocycles. The highest BCUT2D eigenvalue weighted by atomic mass is 19.1. The summed E-state index contributed by atoms with van der Waals surface area (Å²) in [4.78, 5) is 12.8. The van der Waals surface area contributed by atoms with Crippen LogP contribution in [0.15, 0.2) is 48.5 Å². The van der Waals surface area contributed by atoms with Crippen LogP contribution < -0.4 is 0 Å². The maximum atomic E-state index is 13.3. The van der Waals surface area contributed by atoms with Crippen LogP contribution in [0.3, 0.4) is 0 Å². The van der Waals surface area contributed by atoms with Crippen LogP contribution in [0.5, 0.6) is 0 Å². The van der Waals surface area contributed by atoms with E-state index in [-0.39, 0.29) is 13.2 Å². The Morgan fingerprint density at radius 2 is 1.38 bits per heavy atom. The molecule has 0 atom stereocenters. The predicted molar refractivity (Wildman–Crippen MR) is 86.5 cm³/mol. The normalized spacial score (nSPS) is 11.3. The van der Waals surface area contributed by atoms with E-state index in [0.29, 0.717) is 17.5 Å². The van der Waals surface area contributed by atoms with Crippen LogP contribution in [0.2, 0.25) is 0 Å². The van der Waals surface area contributed by atoms with Gasteiger partial charge < -0.3 is 9.47 Å². The number of rotatable bonds is 7. The molecule has 0 saturated heterocycles. The van der Waals surface area contributed by atoms with Gasteiger partial charge in [0.1, 0.15) is 11.6 Å². The molecular weight excluding hydrogens is 314 g/mol. The van der Waals surface area contributed by atoms with E-state index in [9.17, 15) is 13.6 Å². The molecule has 2 rings (SSSR count). The molecule has 0 N–H and O–H groups in total. The van der Waals surface area contributed by atoms with Gasteiger partial charge in [-0.2, -0.15) is 0 Å². The highest BCUT2D eigenvalue weighted by Gasteiger charge is 2.45. The molecular formula is C19H20F2O3. The van der Waals surface area contributed by atoms with E-state index in [1.54, 1.807) is 6.92 Å². The van der Waals surface area contributed by atoms with Crippen molar-refractivity contribution in [3.63, 3.8) is 0 Å². The van der Waals surface area contributed by atoms with Crippen molar-refractivity contribution in [3.05, 3.63) is 71.3 Å². The van der Waals surface area contributed by atoms with E-state index < -0.39 is 23.2 Å². The first-order valence-corrected chi connectivity index (χ1v) is 7.87. The minimum atomic E-state index is -1.56. The lowest BCUT2D eigenvalue weighted by Gasteiger charge is -2.32. The zero-order chi connectivity index (χ0) is 17.6. The molecule has 5 heteroatoms. The molecule has 0 saturated carbocycles. The van der Waals surface area contributed by atoms with Gasteiger partial charge in [-0.1, -0.05) is 31.2 Å². The van der Waals surface area contributed by atoms with Crippen molar-refractivity contribution >= 4 is 5.97 Å². The Hall–Kier alpha value is -2.27. The van der Waals surface area contributed by atoms with Crippen LogP contribution in [0, 0.1) is 11.6 Å². The maximum absolute atomic E-state index is 13.3. The molecule has 0 fully saturated rings. The fourth-order valence-corrected chi connectivity index (χ4v) is 2.49. The molecule has 0 spiro atoms. The van der Waals surface area contributed by atoms with E-state index in [1.807, 2.05) is 6.92 Å². The van der Waals surface area contributed by atoms with Crippen molar-refractivity contribution in [2.75, 3.05) is 13.2 Å². The second-order valence-corrected chi connectivity index (χ2v) is 5.26. The van der Waals surface area contributed by atoms with Gasteiger partial charge in [0, 0.05) is 6.61 Å². The summed E-state index contributed by atoms with van der Waals surface area (Å²) in [5.41, 5.74) is -0.697. The fraction of sp³-hybridized carbons (Fsp3) is 0.316. The molecule has 0 amide bonds. The molecule has 0 heterocycles. The van der Waals surface area contributed by atoms with E-state index >= 15 is 0 Å². The number of esters is 1. The zero-order valence-electron chi connectivity index (χ0n) is 13.7. The standard InChI is InChI=1S/C19H20F2O3/c1-3-13-24-19(18(22)23-4-2,14-5-9-16(20)10-6-14)15-7-11-17(21)12-8-15/h5-12H,3-4,13H2,1-2H3. The Morgan fingerprint density at radius 3 is 1.75 bits per heavy atom. The number of benzene rings is 2. The highest BCUT2D eigenvalue weighted by molar-refractivity contribution is 5.85. The molecule has 0 unspecified atom stereocenters. The summed E-state index contributed by atoms with van der Waals surface area (Å²) in [6.07, 6.45) is 0.670. The second-order valence-electron chi connectivity index (χ2n) is 5.26. The van der Waals surface area contributed by atoms with Gasteiger partial charge in [0.25, 0.3) is 0 Å². The minimum Gasteiger partial charge on any atom is -0.463 e. The number of ether oxygens (including phenoxy) is 2. The molecule has 0 aromatic heterocycles. The Bertz CT molecular complexity index is 621. The maximum Gasteiger partial charge on any atom is 0.347 e. The molecule has 0 radical (unpaired) electrons.